The van der Waals surface area contributed by atoms with Crippen LogP contribution in [0.1, 0.15) is 16.5 Å². The summed E-state index contributed by atoms with van der Waals surface area (Å²) in [6.45, 7) is 0. The Morgan fingerprint density at radius 3 is 2.80 bits per heavy atom. The fraction of sp³-hybridized carbons (Fsp3) is 0.200. The lowest BCUT2D eigenvalue weighted by Crippen LogP contribution is -2.11. The van der Waals surface area contributed by atoms with Gasteiger partial charge in [-0.2, -0.15) is 0 Å². The average Bonchev–Trinajstić information content (AvgIpc) is 2.75. The van der Waals surface area contributed by atoms with Gasteiger partial charge in [0, 0.05) is 17.3 Å². The highest BCUT2D eigenvalue weighted by atomic mass is 127. The lowest BCUT2D eigenvalue weighted by atomic mass is 10.1. The molecule has 80 valence electrons. The van der Waals surface area contributed by atoms with Gasteiger partial charge in [0.05, 0.1) is 7.22 Å². The van der Waals surface area contributed by atoms with E-state index in [1.54, 1.807) is 22.7 Å². The van der Waals surface area contributed by atoms with Crippen molar-refractivity contribution < 1.29 is 0 Å². The highest BCUT2D eigenvalue weighted by molar-refractivity contribution is 14.1. The molecular weight excluding hydrogens is 361 g/mol. The molecule has 15 heavy (non-hydrogen) atoms. The third-order valence-electron chi connectivity index (χ3n) is 2.07. The Kier molecular flexibility index (Phi) is 4.06. The largest absolute Gasteiger partial charge is 0.324 e. The highest BCUT2D eigenvalue weighted by Crippen LogP contribution is 2.27. The van der Waals surface area contributed by atoms with E-state index in [2.05, 4.69) is 34.0 Å². The zero-order valence-corrected chi connectivity index (χ0v) is 12.3. The first kappa shape index (κ1) is 11.9. The number of rotatable bonds is 3. The van der Waals surface area contributed by atoms with Gasteiger partial charge in [-0.3, -0.25) is 0 Å². The van der Waals surface area contributed by atoms with Gasteiger partial charge < -0.3 is 5.73 Å². The van der Waals surface area contributed by atoms with Crippen molar-refractivity contribution in [1.82, 2.24) is 0 Å². The first-order valence-electron chi connectivity index (χ1n) is 4.39. The van der Waals surface area contributed by atoms with Gasteiger partial charge in [-0.05, 0) is 51.7 Å². The van der Waals surface area contributed by atoms with Gasteiger partial charge in [0.1, 0.15) is 0 Å². The maximum Gasteiger partial charge on any atom is 0.0931 e. The molecule has 0 saturated carbocycles. The SMILES string of the molecule is NC(Cc1ccc(Cl)s1)c1csc(I)c1. The summed E-state index contributed by atoms with van der Waals surface area (Å²) in [5, 5.41) is 2.13. The number of hydrogen-bond donors (Lipinski definition) is 1. The molecule has 1 nitrogen and oxygen atoms in total. The second-order valence-corrected chi connectivity index (χ2v) is 7.81. The summed E-state index contributed by atoms with van der Waals surface area (Å²) in [7, 11) is 0. The van der Waals surface area contributed by atoms with Crippen LogP contribution >= 0.6 is 56.9 Å². The summed E-state index contributed by atoms with van der Waals surface area (Å²) in [6.07, 6.45) is 0.865. The molecule has 0 amide bonds. The van der Waals surface area contributed by atoms with Crippen LogP contribution in [0.3, 0.4) is 0 Å². The molecular formula is C10H9ClINS2. The Labute approximate surface area is 115 Å². The van der Waals surface area contributed by atoms with E-state index in [0.29, 0.717) is 0 Å². The normalized spacial score (nSPS) is 13.0. The second-order valence-electron chi connectivity index (χ2n) is 3.20. The molecule has 0 radical (unpaired) electrons. The molecule has 2 aromatic rings. The molecule has 0 bridgehead atoms. The van der Waals surface area contributed by atoms with E-state index in [0.717, 1.165) is 10.8 Å². The Morgan fingerprint density at radius 1 is 1.47 bits per heavy atom. The molecule has 0 spiro atoms. The van der Waals surface area contributed by atoms with Gasteiger partial charge in [0.2, 0.25) is 0 Å². The predicted octanol–water partition coefficient (Wildman–Crippen LogP) is 4.31. The minimum Gasteiger partial charge on any atom is -0.324 e. The number of halogens is 2. The Bertz CT molecular complexity index is 452. The van der Waals surface area contributed by atoms with E-state index >= 15 is 0 Å². The van der Waals surface area contributed by atoms with Crippen LogP contribution in [0.2, 0.25) is 4.34 Å². The quantitative estimate of drug-likeness (QED) is 0.802. The van der Waals surface area contributed by atoms with E-state index in [1.165, 1.54) is 13.3 Å². The van der Waals surface area contributed by atoms with Crippen LogP contribution in [0.25, 0.3) is 0 Å². The predicted molar refractivity (Wildman–Crippen MR) is 77.0 cm³/mol. The van der Waals surface area contributed by atoms with E-state index in [4.69, 9.17) is 17.3 Å². The summed E-state index contributed by atoms with van der Waals surface area (Å²) in [5.41, 5.74) is 7.33. The molecule has 1 unspecified atom stereocenters. The van der Waals surface area contributed by atoms with Gasteiger partial charge in [-0.15, -0.1) is 22.7 Å². The lowest BCUT2D eigenvalue weighted by molar-refractivity contribution is 0.733. The fourth-order valence-electron chi connectivity index (χ4n) is 1.31. The molecule has 2 aromatic heterocycles. The Balaban J connectivity index is 2.06. The van der Waals surface area contributed by atoms with Crippen molar-refractivity contribution in [2.45, 2.75) is 12.5 Å². The van der Waals surface area contributed by atoms with Gasteiger partial charge in [-0.1, -0.05) is 11.6 Å². The van der Waals surface area contributed by atoms with Crippen molar-refractivity contribution in [3.8, 4) is 0 Å². The summed E-state index contributed by atoms with van der Waals surface area (Å²) in [4.78, 5) is 1.24. The van der Waals surface area contributed by atoms with Crippen LogP contribution in [-0.4, -0.2) is 0 Å². The topological polar surface area (TPSA) is 26.0 Å². The molecule has 5 heteroatoms. The third-order valence-corrected chi connectivity index (χ3v) is 5.13. The smallest absolute Gasteiger partial charge is 0.0931 e. The monoisotopic (exact) mass is 369 g/mol. The zero-order chi connectivity index (χ0) is 10.8. The summed E-state index contributed by atoms with van der Waals surface area (Å²) >= 11 is 11.5. The lowest BCUT2D eigenvalue weighted by Gasteiger charge is -2.07. The van der Waals surface area contributed by atoms with Crippen molar-refractivity contribution >= 4 is 56.9 Å². The second kappa shape index (κ2) is 5.14. The van der Waals surface area contributed by atoms with Gasteiger partial charge >= 0.3 is 0 Å². The summed E-state index contributed by atoms with van der Waals surface area (Å²) in [6, 6.07) is 6.19. The number of hydrogen-bond acceptors (Lipinski definition) is 3. The average molecular weight is 370 g/mol. The maximum atomic E-state index is 6.12. The van der Waals surface area contributed by atoms with Crippen LogP contribution in [-0.2, 0) is 6.42 Å². The summed E-state index contributed by atoms with van der Waals surface area (Å²) < 4.78 is 2.11. The molecule has 2 rings (SSSR count). The molecule has 1 atom stereocenters. The Morgan fingerprint density at radius 2 is 2.27 bits per heavy atom. The van der Waals surface area contributed by atoms with E-state index < -0.39 is 0 Å². The fourth-order valence-corrected chi connectivity index (χ4v) is 3.90. The molecule has 2 N–H and O–H groups in total. The molecule has 0 aromatic carbocycles. The van der Waals surface area contributed by atoms with Gasteiger partial charge in [0.15, 0.2) is 0 Å². The van der Waals surface area contributed by atoms with Crippen molar-refractivity contribution in [3.05, 3.63) is 41.2 Å². The van der Waals surface area contributed by atoms with Crippen molar-refractivity contribution in [2.24, 2.45) is 5.73 Å². The van der Waals surface area contributed by atoms with E-state index in [1.807, 2.05) is 12.1 Å². The van der Waals surface area contributed by atoms with Gasteiger partial charge in [-0.25, -0.2) is 0 Å². The van der Waals surface area contributed by atoms with Crippen LogP contribution < -0.4 is 5.73 Å². The van der Waals surface area contributed by atoms with Crippen molar-refractivity contribution in [3.63, 3.8) is 0 Å². The minimum absolute atomic E-state index is 0.0829. The molecule has 0 saturated heterocycles. The van der Waals surface area contributed by atoms with E-state index in [-0.39, 0.29) is 6.04 Å². The first-order valence-corrected chi connectivity index (χ1v) is 7.54. The number of thiophene rings is 2. The zero-order valence-electron chi connectivity index (χ0n) is 7.74. The third kappa shape index (κ3) is 3.17. The van der Waals surface area contributed by atoms with Crippen LogP contribution in [0.15, 0.2) is 23.6 Å². The highest BCUT2D eigenvalue weighted by Gasteiger charge is 2.10. The molecule has 0 aliphatic rings. The van der Waals surface area contributed by atoms with Crippen molar-refractivity contribution in [1.29, 1.82) is 0 Å². The number of nitrogens with two attached hydrogens (primary N) is 1. The van der Waals surface area contributed by atoms with Crippen molar-refractivity contribution in [2.75, 3.05) is 0 Å². The van der Waals surface area contributed by atoms with Gasteiger partial charge in [0.25, 0.3) is 0 Å². The summed E-state index contributed by atoms with van der Waals surface area (Å²) in [5.74, 6) is 0. The van der Waals surface area contributed by atoms with E-state index in [9.17, 15) is 0 Å². The molecule has 0 fully saturated rings. The molecule has 0 aliphatic heterocycles. The van der Waals surface area contributed by atoms with Crippen LogP contribution in [0, 0.1) is 2.88 Å². The Hall–Kier alpha value is 0.380. The standard InChI is InChI=1S/C10H9ClINS2/c11-9-2-1-7(15-9)4-8(13)6-3-10(12)14-5-6/h1-3,5,8H,4,13H2. The minimum atomic E-state index is 0.0829. The molecule has 2 heterocycles. The van der Waals surface area contributed by atoms with Crippen LogP contribution in [0.5, 0.6) is 0 Å². The molecule has 0 aliphatic carbocycles. The first-order chi connectivity index (χ1) is 7.15. The maximum absolute atomic E-state index is 6.12. The van der Waals surface area contributed by atoms with Crippen LogP contribution in [0.4, 0.5) is 0 Å².